The van der Waals surface area contributed by atoms with Gasteiger partial charge in [-0.05, 0) is 24.5 Å². The lowest BCUT2D eigenvalue weighted by atomic mass is 10.1. The van der Waals surface area contributed by atoms with Crippen LogP contribution in [0, 0.1) is 0 Å². The van der Waals surface area contributed by atoms with Crippen LogP contribution in [0.3, 0.4) is 0 Å². The zero-order chi connectivity index (χ0) is 14.6. The summed E-state index contributed by atoms with van der Waals surface area (Å²) in [4.78, 5) is 11.9. The van der Waals surface area contributed by atoms with Crippen LogP contribution < -0.4 is 4.74 Å². The number of Topliss-reactive ketones (excluding diaryl/α,β-unsaturated/α-hetero) is 1. The molecule has 17 heavy (non-hydrogen) atoms. The first kappa shape index (κ1) is 8.07. The summed E-state index contributed by atoms with van der Waals surface area (Å²) in [6, 6.07) is 15.9. The molecular formula is C15H14O2. The largest absolute Gasteiger partial charge is 0.488 e. The van der Waals surface area contributed by atoms with Crippen LogP contribution in [0.2, 0.25) is 0 Å². The van der Waals surface area contributed by atoms with Crippen molar-refractivity contribution < 1.29 is 13.6 Å². The topological polar surface area (TPSA) is 26.3 Å². The predicted octanol–water partition coefficient (Wildman–Crippen LogP) is 3.47. The zero-order valence-corrected chi connectivity index (χ0v) is 9.22. The monoisotopic (exact) mass is 229 g/mol. The van der Waals surface area contributed by atoms with Gasteiger partial charge in [0, 0.05) is 4.11 Å². The van der Waals surface area contributed by atoms with Gasteiger partial charge in [-0.15, -0.1) is 0 Å². The minimum atomic E-state index is -2.66. The van der Waals surface area contributed by atoms with E-state index in [0.717, 1.165) is 5.56 Å². The summed E-state index contributed by atoms with van der Waals surface area (Å²) in [5.74, 6) is -0.612. The third kappa shape index (κ3) is 2.94. The first-order chi connectivity index (χ1) is 9.48. The van der Waals surface area contributed by atoms with Crippen LogP contribution in [-0.2, 0) is 6.61 Å². The molecule has 0 aliphatic carbocycles. The van der Waals surface area contributed by atoms with E-state index in [2.05, 4.69) is 0 Å². The minimum absolute atomic E-state index is 0.0865. The Morgan fingerprint density at radius 3 is 2.59 bits per heavy atom. The molecule has 0 unspecified atom stereocenters. The van der Waals surface area contributed by atoms with E-state index in [-0.39, 0.29) is 17.9 Å². The minimum Gasteiger partial charge on any atom is -0.488 e. The van der Waals surface area contributed by atoms with Gasteiger partial charge in [-0.25, -0.2) is 0 Å². The molecule has 0 radical (unpaired) electrons. The highest BCUT2D eigenvalue weighted by molar-refractivity contribution is 5.96. The number of carbonyl (C=O) groups excluding carboxylic acids is 1. The van der Waals surface area contributed by atoms with Crippen molar-refractivity contribution in [1.29, 1.82) is 0 Å². The average molecular weight is 229 g/mol. The molecule has 0 aromatic heterocycles. The lowest BCUT2D eigenvalue weighted by Gasteiger charge is -2.09. The molecular weight excluding hydrogens is 212 g/mol. The maximum atomic E-state index is 11.9. The fourth-order valence-corrected chi connectivity index (χ4v) is 1.52. The van der Waals surface area contributed by atoms with Gasteiger partial charge in [0.25, 0.3) is 0 Å². The fourth-order valence-electron chi connectivity index (χ4n) is 1.52. The van der Waals surface area contributed by atoms with Gasteiger partial charge >= 0.3 is 0 Å². The zero-order valence-electron chi connectivity index (χ0n) is 12.2. The molecule has 0 amide bonds. The normalized spacial score (nSPS) is 13.3. The van der Waals surface area contributed by atoms with E-state index < -0.39 is 12.6 Å². The summed E-state index contributed by atoms with van der Waals surface area (Å²) >= 11 is 0. The van der Waals surface area contributed by atoms with Crippen LogP contribution >= 0.6 is 0 Å². The Hall–Kier alpha value is -2.09. The van der Waals surface area contributed by atoms with Crippen LogP contribution in [0.5, 0.6) is 5.75 Å². The molecule has 0 aliphatic rings. The summed E-state index contributed by atoms with van der Waals surface area (Å²) in [5.41, 5.74) is 1.03. The van der Waals surface area contributed by atoms with Crippen molar-refractivity contribution in [3.8, 4) is 5.75 Å². The van der Waals surface area contributed by atoms with Crippen molar-refractivity contribution in [1.82, 2.24) is 0 Å². The van der Waals surface area contributed by atoms with E-state index in [1.165, 1.54) is 6.07 Å². The Morgan fingerprint density at radius 2 is 1.82 bits per heavy atom. The van der Waals surface area contributed by atoms with E-state index in [4.69, 9.17) is 8.85 Å². The first-order valence-electron chi connectivity index (χ1n) is 6.79. The van der Waals surface area contributed by atoms with Gasteiger partial charge in [-0.1, -0.05) is 42.5 Å². The van der Waals surface area contributed by atoms with Gasteiger partial charge in [0.2, 0.25) is 0 Å². The van der Waals surface area contributed by atoms with Gasteiger partial charge in [0.15, 0.2) is 5.78 Å². The van der Waals surface area contributed by atoms with Gasteiger partial charge in [-0.3, -0.25) is 4.79 Å². The SMILES string of the molecule is [2H]C([2H])([2H])C(=O)c1ccccc1OCc1ccccc1. The predicted molar refractivity (Wildman–Crippen MR) is 67.2 cm³/mol. The Morgan fingerprint density at radius 1 is 1.12 bits per heavy atom. The molecule has 2 rings (SSSR count). The van der Waals surface area contributed by atoms with Crippen LogP contribution in [0.25, 0.3) is 0 Å². The van der Waals surface area contributed by atoms with E-state index >= 15 is 0 Å². The van der Waals surface area contributed by atoms with Crippen LogP contribution in [0.1, 0.15) is 26.9 Å². The van der Waals surface area contributed by atoms with Crippen molar-refractivity contribution in [3.63, 3.8) is 0 Å². The smallest absolute Gasteiger partial charge is 0.163 e. The number of ketones is 1. The molecule has 0 saturated carbocycles. The lowest BCUT2D eigenvalue weighted by molar-refractivity contribution is 0.101. The van der Waals surface area contributed by atoms with Crippen molar-refractivity contribution >= 4 is 5.78 Å². The molecule has 0 N–H and O–H groups in total. The molecule has 2 aromatic carbocycles. The summed E-state index contributed by atoms with van der Waals surface area (Å²) < 4.78 is 27.2. The van der Waals surface area contributed by atoms with Crippen molar-refractivity contribution in [2.75, 3.05) is 0 Å². The molecule has 0 aliphatic heterocycles. The molecule has 0 atom stereocenters. The summed E-state index contributed by atoms with van der Waals surface area (Å²) in [6.07, 6.45) is 0. The average Bonchev–Trinajstić information content (AvgIpc) is 2.45. The van der Waals surface area contributed by atoms with Gasteiger partial charge in [-0.2, -0.15) is 0 Å². The summed E-state index contributed by atoms with van der Waals surface area (Å²) in [5, 5.41) is 0. The summed E-state index contributed by atoms with van der Waals surface area (Å²) in [6.45, 7) is -2.38. The second-order valence-corrected chi connectivity index (χ2v) is 3.60. The van der Waals surface area contributed by atoms with E-state index in [9.17, 15) is 4.79 Å². The highest BCUT2D eigenvalue weighted by Gasteiger charge is 2.06. The number of hydrogen-bond donors (Lipinski definition) is 0. The molecule has 0 saturated heterocycles. The molecule has 2 nitrogen and oxygen atoms in total. The highest BCUT2D eigenvalue weighted by atomic mass is 16.5. The number of para-hydroxylation sites is 1. The Labute approximate surface area is 105 Å². The third-order valence-electron chi connectivity index (χ3n) is 2.37. The van der Waals surface area contributed by atoms with Crippen molar-refractivity contribution in [2.24, 2.45) is 0 Å². The van der Waals surface area contributed by atoms with Crippen LogP contribution in [0.15, 0.2) is 54.6 Å². The quantitative estimate of drug-likeness (QED) is 0.750. The molecule has 0 bridgehead atoms. The summed E-state index contributed by atoms with van der Waals surface area (Å²) in [7, 11) is 0. The van der Waals surface area contributed by atoms with Gasteiger partial charge in [0.05, 0.1) is 5.56 Å². The van der Waals surface area contributed by atoms with E-state index in [0.29, 0.717) is 0 Å². The standard InChI is InChI=1S/C15H14O2/c1-12(16)14-9-5-6-10-15(14)17-11-13-7-3-2-4-8-13/h2-10H,11H2,1H3/i1D3. The number of ether oxygens (including phenoxy) is 1. The van der Waals surface area contributed by atoms with Crippen LogP contribution in [0.4, 0.5) is 0 Å². The Bertz CT molecular complexity index is 592. The molecule has 2 aromatic rings. The highest BCUT2D eigenvalue weighted by Crippen LogP contribution is 2.19. The molecule has 0 spiro atoms. The second-order valence-electron chi connectivity index (χ2n) is 3.60. The Balaban J connectivity index is 2.19. The molecule has 0 fully saturated rings. The number of carbonyl (C=O) groups is 1. The van der Waals surface area contributed by atoms with Crippen molar-refractivity contribution in [2.45, 2.75) is 13.5 Å². The number of benzene rings is 2. The third-order valence-corrected chi connectivity index (χ3v) is 2.37. The Kier molecular flexibility index (Phi) is 2.52. The maximum absolute atomic E-state index is 11.9. The number of hydrogen-bond acceptors (Lipinski definition) is 2. The molecule has 2 heteroatoms. The van der Waals surface area contributed by atoms with Gasteiger partial charge in [0.1, 0.15) is 12.4 Å². The number of rotatable bonds is 4. The van der Waals surface area contributed by atoms with Crippen LogP contribution in [-0.4, -0.2) is 5.78 Å². The first-order valence-corrected chi connectivity index (χ1v) is 5.29. The lowest BCUT2D eigenvalue weighted by Crippen LogP contribution is -2.01. The van der Waals surface area contributed by atoms with Gasteiger partial charge < -0.3 is 4.74 Å². The molecule has 86 valence electrons. The molecule has 0 heterocycles. The van der Waals surface area contributed by atoms with E-state index in [1.807, 2.05) is 30.3 Å². The van der Waals surface area contributed by atoms with E-state index in [1.54, 1.807) is 18.2 Å². The van der Waals surface area contributed by atoms with Crippen molar-refractivity contribution in [3.05, 3.63) is 65.7 Å². The fraction of sp³-hybridized carbons (Fsp3) is 0.133. The maximum Gasteiger partial charge on any atom is 0.163 e. The second kappa shape index (κ2) is 5.30.